The summed E-state index contributed by atoms with van der Waals surface area (Å²) in [5, 5.41) is 0.522. The summed E-state index contributed by atoms with van der Waals surface area (Å²) in [7, 11) is 1.63. The second-order valence-corrected chi connectivity index (χ2v) is 8.28. The minimum atomic E-state index is -0.558. The Kier molecular flexibility index (Phi) is 5.51. The normalized spacial score (nSPS) is 16.4. The summed E-state index contributed by atoms with van der Waals surface area (Å²) in [6.07, 6.45) is 4.67. The first kappa shape index (κ1) is 21.4. The fourth-order valence-corrected chi connectivity index (χ4v) is 4.11. The van der Waals surface area contributed by atoms with Gasteiger partial charge in [-0.15, -0.1) is 0 Å². The SMILES string of the molecule is Cc1nc2cc(N3CCO[C@@H](c4cncnc4)C3)nc(-c3ccc(Cl)cc3F)c2c(=O)n1C. The van der Waals surface area contributed by atoms with E-state index >= 15 is 0 Å². The molecule has 3 aromatic heterocycles. The molecule has 168 valence electrons. The number of morpholine rings is 1. The number of aryl methyl sites for hydroxylation is 1. The van der Waals surface area contributed by atoms with Crippen molar-refractivity contribution in [2.24, 2.45) is 7.05 Å². The van der Waals surface area contributed by atoms with Crippen molar-refractivity contribution in [3.8, 4) is 11.3 Å². The molecule has 1 aliphatic heterocycles. The third-order valence-electron chi connectivity index (χ3n) is 5.80. The van der Waals surface area contributed by atoms with E-state index in [1.165, 1.54) is 23.0 Å². The standard InChI is InChI=1S/C23H20ClFN6O2/c1-13-28-18-8-20(31-5-6-33-19(11-31)14-9-26-12-27-10-14)29-22(21(18)23(32)30(13)2)16-4-3-15(24)7-17(16)25/h3-4,7-10,12,19H,5-6,11H2,1-2H3/t19-/m1/s1. The molecule has 1 aliphatic rings. The van der Waals surface area contributed by atoms with Gasteiger partial charge in [-0.1, -0.05) is 11.6 Å². The van der Waals surface area contributed by atoms with Gasteiger partial charge in [0.05, 0.1) is 23.2 Å². The van der Waals surface area contributed by atoms with Gasteiger partial charge in [0.15, 0.2) is 0 Å². The van der Waals surface area contributed by atoms with Gasteiger partial charge in [0.1, 0.15) is 29.9 Å². The minimum Gasteiger partial charge on any atom is -0.370 e. The molecule has 0 bridgehead atoms. The van der Waals surface area contributed by atoms with Crippen LogP contribution < -0.4 is 10.5 Å². The number of hydrogen-bond donors (Lipinski definition) is 0. The Balaban J connectivity index is 1.67. The lowest BCUT2D eigenvalue weighted by molar-refractivity contribution is 0.0391. The van der Waals surface area contributed by atoms with Crippen LogP contribution >= 0.6 is 11.6 Å². The largest absolute Gasteiger partial charge is 0.370 e. The van der Waals surface area contributed by atoms with Crippen LogP contribution in [0.2, 0.25) is 5.02 Å². The fraction of sp³-hybridized carbons (Fsp3) is 0.261. The zero-order valence-corrected chi connectivity index (χ0v) is 18.8. The molecule has 10 heteroatoms. The number of aromatic nitrogens is 5. The Labute approximate surface area is 193 Å². The van der Waals surface area contributed by atoms with Crippen molar-refractivity contribution in [3.05, 3.63) is 75.6 Å². The quantitative estimate of drug-likeness (QED) is 0.457. The Bertz CT molecular complexity index is 1410. The van der Waals surface area contributed by atoms with Gasteiger partial charge in [0.25, 0.3) is 5.56 Å². The van der Waals surface area contributed by atoms with E-state index in [0.717, 1.165) is 5.56 Å². The molecule has 1 saturated heterocycles. The smallest absolute Gasteiger partial charge is 0.263 e. The van der Waals surface area contributed by atoms with Crippen LogP contribution in [0, 0.1) is 12.7 Å². The molecule has 1 fully saturated rings. The van der Waals surface area contributed by atoms with E-state index in [0.29, 0.717) is 36.9 Å². The highest BCUT2D eigenvalue weighted by molar-refractivity contribution is 6.30. The van der Waals surface area contributed by atoms with Gasteiger partial charge >= 0.3 is 0 Å². The lowest BCUT2D eigenvalue weighted by Crippen LogP contribution is -2.39. The molecule has 1 atom stereocenters. The van der Waals surface area contributed by atoms with Crippen LogP contribution in [0.1, 0.15) is 17.5 Å². The van der Waals surface area contributed by atoms with E-state index in [-0.39, 0.29) is 33.3 Å². The predicted octanol–water partition coefficient (Wildman–Crippen LogP) is 3.46. The van der Waals surface area contributed by atoms with Crippen molar-refractivity contribution >= 4 is 28.3 Å². The lowest BCUT2D eigenvalue weighted by Gasteiger charge is -2.34. The summed E-state index contributed by atoms with van der Waals surface area (Å²) >= 11 is 5.96. The molecule has 0 aliphatic carbocycles. The molecule has 5 rings (SSSR count). The summed E-state index contributed by atoms with van der Waals surface area (Å²) in [6.45, 7) is 3.30. The van der Waals surface area contributed by atoms with Crippen LogP contribution in [-0.4, -0.2) is 44.2 Å². The third kappa shape index (κ3) is 3.94. The molecule has 0 amide bonds. The van der Waals surface area contributed by atoms with Crippen LogP contribution in [0.25, 0.3) is 22.2 Å². The Hall–Kier alpha value is -3.43. The summed E-state index contributed by atoms with van der Waals surface area (Å²) in [5.74, 6) is 0.572. The Morgan fingerprint density at radius 2 is 1.97 bits per heavy atom. The molecule has 8 nitrogen and oxygen atoms in total. The van der Waals surface area contributed by atoms with Crippen LogP contribution in [-0.2, 0) is 11.8 Å². The number of anilines is 1. The Morgan fingerprint density at radius 1 is 1.18 bits per heavy atom. The molecule has 0 saturated carbocycles. The number of pyridine rings is 1. The maximum Gasteiger partial charge on any atom is 0.263 e. The van der Waals surface area contributed by atoms with Crippen LogP contribution in [0.15, 0.2) is 47.8 Å². The van der Waals surface area contributed by atoms with Crippen molar-refractivity contribution in [1.29, 1.82) is 0 Å². The van der Waals surface area contributed by atoms with Gasteiger partial charge in [-0.2, -0.15) is 0 Å². The summed E-state index contributed by atoms with van der Waals surface area (Å²) in [6, 6.07) is 6.09. The van der Waals surface area contributed by atoms with Crippen molar-refractivity contribution in [2.75, 3.05) is 24.6 Å². The fourth-order valence-electron chi connectivity index (χ4n) is 3.96. The van der Waals surface area contributed by atoms with Crippen molar-refractivity contribution in [1.82, 2.24) is 24.5 Å². The summed E-state index contributed by atoms with van der Waals surface area (Å²) in [4.78, 5) is 32.7. The zero-order valence-electron chi connectivity index (χ0n) is 18.0. The number of benzene rings is 1. The highest BCUT2D eigenvalue weighted by atomic mass is 35.5. The Morgan fingerprint density at radius 3 is 2.73 bits per heavy atom. The summed E-state index contributed by atoms with van der Waals surface area (Å²) in [5.41, 5.74) is 1.44. The van der Waals surface area contributed by atoms with Gasteiger partial charge in [-0.3, -0.25) is 9.36 Å². The molecule has 0 unspecified atom stereocenters. The average molecular weight is 467 g/mol. The molecule has 1 aromatic carbocycles. The number of ether oxygens (including phenoxy) is 1. The van der Waals surface area contributed by atoms with Crippen LogP contribution in [0.3, 0.4) is 0 Å². The first-order valence-electron chi connectivity index (χ1n) is 10.4. The van der Waals surface area contributed by atoms with Crippen molar-refractivity contribution in [3.63, 3.8) is 0 Å². The number of rotatable bonds is 3. The molecular formula is C23H20ClFN6O2. The second kappa shape index (κ2) is 8.49. The first-order chi connectivity index (χ1) is 15.9. The number of fused-ring (bicyclic) bond motifs is 1. The van der Waals surface area contributed by atoms with E-state index < -0.39 is 5.82 Å². The molecule has 33 heavy (non-hydrogen) atoms. The van der Waals surface area contributed by atoms with Crippen molar-refractivity contribution < 1.29 is 9.13 Å². The number of hydrogen-bond acceptors (Lipinski definition) is 7. The van der Waals surface area contributed by atoms with E-state index in [9.17, 15) is 9.18 Å². The molecule has 0 spiro atoms. The van der Waals surface area contributed by atoms with E-state index in [2.05, 4.69) is 15.0 Å². The predicted molar refractivity (Wildman–Crippen MR) is 123 cm³/mol. The lowest BCUT2D eigenvalue weighted by atomic mass is 10.1. The van der Waals surface area contributed by atoms with Gasteiger partial charge in [0, 0.05) is 54.7 Å². The van der Waals surface area contributed by atoms with Gasteiger partial charge in [-0.05, 0) is 25.1 Å². The number of nitrogens with zero attached hydrogens (tertiary/aromatic N) is 6. The topological polar surface area (TPSA) is 86.0 Å². The minimum absolute atomic E-state index is 0.190. The second-order valence-electron chi connectivity index (χ2n) is 7.85. The molecule has 4 heterocycles. The average Bonchev–Trinajstić information content (AvgIpc) is 2.82. The van der Waals surface area contributed by atoms with Gasteiger partial charge in [0.2, 0.25) is 0 Å². The monoisotopic (exact) mass is 466 g/mol. The van der Waals surface area contributed by atoms with E-state index in [1.54, 1.807) is 38.5 Å². The highest BCUT2D eigenvalue weighted by Gasteiger charge is 2.26. The molecule has 0 radical (unpaired) electrons. The van der Waals surface area contributed by atoms with Gasteiger partial charge in [-0.25, -0.2) is 24.3 Å². The maximum atomic E-state index is 14.9. The number of halogens is 2. The molecule has 0 N–H and O–H groups in total. The van der Waals surface area contributed by atoms with Gasteiger partial charge < -0.3 is 9.64 Å². The first-order valence-corrected chi connectivity index (χ1v) is 10.8. The van der Waals surface area contributed by atoms with E-state index in [4.69, 9.17) is 21.3 Å². The van der Waals surface area contributed by atoms with Crippen molar-refractivity contribution in [2.45, 2.75) is 13.0 Å². The van der Waals surface area contributed by atoms with Crippen LogP contribution in [0.4, 0.5) is 10.2 Å². The van der Waals surface area contributed by atoms with Crippen LogP contribution in [0.5, 0.6) is 0 Å². The highest BCUT2D eigenvalue weighted by Crippen LogP contribution is 2.32. The molecule has 4 aromatic rings. The maximum absolute atomic E-state index is 14.9. The summed E-state index contributed by atoms with van der Waals surface area (Å²) < 4.78 is 22.3. The zero-order chi connectivity index (χ0) is 23.1. The third-order valence-corrected chi connectivity index (χ3v) is 6.04. The van der Waals surface area contributed by atoms with E-state index in [1.807, 2.05) is 4.90 Å². The molecular weight excluding hydrogens is 447 g/mol.